The van der Waals surface area contributed by atoms with Crippen molar-refractivity contribution in [1.29, 1.82) is 0 Å². The molecule has 0 aliphatic rings. The zero-order valence-electron chi connectivity index (χ0n) is 4.22. The number of hydrogen-bond donors (Lipinski definition) is 0. The van der Waals surface area contributed by atoms with Crippen LogP contribution >= 0.6 is 0 Å². The first-order chi connectivity index (χ1) is 4.79. The van der Waals surface area contributed by atoms with Crippen LogP contribution in [0.25, 0.3) is 0 Å². The summed E-state index contributed by atoms with van der Waals surface area (Å²) in [6.45, 7) is 0. The highest BCUT2D eigenvalue weighted by Crippen LogP contribution is 2.16. The van der Waals surface area contributed by atoms with Crippen LogP contribution in [0, 0.1) is 6.29 Å². The molecule has 0 aliphatic carbocycles. The molecule has 0 bridgehead atoms. The Morgan fingerprint density at radius 3 is 1.40 bits per heavy atom. The third-order valence-corrected chi connectivity index (χ3v) is 0.506. The second kappa shape index (κ2) is 5.35. The van der Waals surface area contributed by atoms with Crippen LogP contribution < -0.4 is 0 Å². The molecule has 0 amide bonds. The van der Waals surface area contributed by atoms with Crippen LogP contribution in [0.2, 0.25) is 0 Å². The van der Waals surface area contributed by atoms with Crippen LogP contribution in [-0.2, 0) is 19.8 Å². The van der Waals surface area contributed by atoms with Gasteiger partial charge in [0.05, 0.1) is 0 Å². The molecule has 0 saturated heterocycles. The lowest BCUT2D eigenvalue weighted by Crippen LogP contribution is -2.21. The van der Waals surface area contributed by atoms with Gasteiger partial charge in [0.1, 0.15) is 0 Å². The van der Waals surface area contributed by atoms with Crippen molar-refractivity contribution in [3.05, 3.63) is 6.29 Å². The summed E-state index contributed by atoms with van der Waals surface area (Å²) in [5, 5.41) is 0. The van der Waals surface area contributed by atoms with Crippen molar-refractivity contribution in [1.82, 2.24) is 0 Å². The summed E-state index contributed by atoms with van der Waals surface area (Å²) in [6.07, 6.45) is -4.40. The molecular formula is C2HF4O4. The maximum absolute atomic E-state index is 10.9. The standard InChI is InChI=1S/C2HF4O4/c3-7-1(8-4)2(9-5)10-6/h1H. The summed E-state index contributed by atoms with van der Waals surface area (Å²) in [5.41, 5.74) is 0. The maximum Gasteiger partial charge on any atom is 0.365 e. The summed E-state index contributed by atoms with van der Waals surface area (Å²) < 4.78 is 43.6. The summed E-state index contributed by atoms with van der Waals surface area (Å²) in [4.78, 5) is 9.82. The lowest BCUT2D eigenvalue weighted by Gasteiger charge is -2.07. The largest absolute Gasteiger partial charge is 0.365 e. The Kier molecular flexibility index (Phi) is 5.12. The average molecular weight is 165 g/mol. The van der Waals surface area contributed by atoms with E-state index in [1.807, 2.05) is 0 Å². The molecule has 0 aromatic carbocycles. The van der Waals surface area contributed by atoms with Gasteiger partial charge in [0.2, 0.25) is 0 Å². The molecule has 0 aromatic heterocycles. The summed E-state index contributed by atoms with van der Waals surface area (Å²) in [5.74, 6) is 0. The van der Waals surface area contributed by atoms with E-state index in [1.165, 1.54) is 0 Å². The SMILES string of the molecule is FO[C](OF)C(OF)OF. The van der Waals surface area contributed by atoms with E-state index < -0.39 is 12.6 Å². The van der Waals surface area contributed by atoms with Crippen LogP contribution in [-0.4, -0.2) is 6.29 Å². The van der Waals surface area contributed by atoms with Crippen molar-refractivity contribution in [2.45, 2.75) is 6.29 Å². The van der Waals surface area contributed by atoms with Crippen molar-refractivity contribution >= 4 is 0 Å². The number of hydrogen-bond acceptors (Lipinski definition) is 4. The van der Waals surface area contributed by atoms with E-state index in [-0.39, 0.29) is 0 Å². The second-order valence-electron chi connectivity index (χ2n) is 0.983. The monoisotopic (exact) mass is 165 g/mol. The van der Waals surface area contributed by atoms with E-state index in [0.29, 0.717) is 0 Å². The highest BCUT2D eigenvalue weighted by Gasteiger charge is 2.32. The minimum atomic E-state index is -2.63. The Hall–Kier alpha value is -0.440. The molecule has 0 saturated carbocycles. The van der Waals surface area contributed by atoms with Gasteiger partial charge in [0.25, 0.3) is 6.29 Å². The van der Waals surface area contributed by atoms with E-state index in [9.17, 15) is 18.1 Å². The lowest BCUT2D eigenvalue weighted by molar-refractivity contribution is -0.414. The van der Waals surface area contributed by atoms with Gasteiger partial charge < -0.3 is 0 Å². The molecule has 0 unspecified atom stereocenters. The predicted octanol–water partition coefficient (Wildman–Crippen LogP) is 1.41. The van der Waals surface area contributed by atoms with Crippen molar-refractivity contribution in [3.8, 4) is 0 Å². The first kappa shape index (κ1) is 9.56. The summed E-state index contributed by atoms with van der Waals surface area (Å²) in [6, 6.07) is 0. The van der Waals surface area contributed by atoms with Gasteiger partial charge in [-0.15, -0.1) is 9.88 Å². The highest BCUT2D eigenvalue weighted by atomic mass is 19.3. The molecule has 0 atom stereocenters. The van der Waals surface area contributed by atoms with Crippen LogP contribution in [0.3, 0.4) is 0 Å². The van der Waals surface area contributed by atoms with Gasteiger partial charge >= 0.3 is 6.29 Å². The van der Waals surface area contributed by atoms with E-state index in [0.717, 1.165) is 0 Å². The van der Waals surface area contributed by atoms with Gasteiger partial charge in [-0.1, -0.05) is 0 Å². The fourth-order valence-electron chi connectivity index (χ4n) is 0.171. The van der Waals surface area contributed by atoms with Gasteiger partial charge in [-0.05, 0) is 18.1 Å². The van der Waals surface area contributed by atoms with Gasteiger partial charge in [-0.25, -0.2) is 0 Å². The van der Waals surface area contributed by atoms with Crippen molar-refractivity contribution < 1.29 is 37.9 Å². The average Bonchev–Trinajstić information content (AvgIpc) is 2.00. The molecule has 0 fully saturated rings. The summed E-state index contributed by atoms with van der Waals surface area (Å²) in [7, 11) is 0. The van der Waals surface area contributed by atoms with E-state index >= 15 is 0 Å². The first-order valence-corrected chi connectivity index (χ1v) is 1.79. The fraction of sp³-hybridized carbons (Fsp3) is 0.500. The topological polar surface area (TPSA) is 36.9 Å². The van der Waals surface area contributed by atoms with Gasteiger partial charge in [0.15, 0.2) is 0 Å². The molecule has 0 aromatic rings. The summed E-state index contributed by atoms with van der Waals surface area (Å²) >= 11 is 0. The molecule has 10 heavy (non-hydrogen) atoms. The van der Waals surface area contributed by atoms with Gasteiger partial charge in [-0.2, -0.15) is 9.88 Å². The molecule has 8 heteroatoms. The molecule has 0 rings (SSSR count). The Balaban J connectivity index is 3.70. The molecule has 61 valence electrons. The molecule has 0 aliphatic heterocycles. The van der Waals surface area contributed by atoms with E-state index in [2.05, 4.69) is 19.8 Å². The van der Waals surface area contributed by atoms with E-state index in [4.69, 9.17) is 0 Å². The first-order valence-electron chi connectivity index (χ1n) is 1.79. The molecule has 0 spiro atoms. The second-order valence-corrected chi connectivity index (χ2v) is 0.983. The Labute approximate surface area is 51.8 Å². The smallest absolute Gasteiger partial charge is 0.152 e. The van der Waals surface area contributed by atoms with Crippen LogP contribution in [0.5, 0.6) is 0 Å². The zero-order valence-corrected chi connectivity index (χ0v) is 4.22. The van der Waals surface area contributed by atoms with Crippen LogP contribution in [0.15, 0.2) is 0 Å². The quantitative estimate of drug-likeness (QED) is 0.455. The third kappa shape index (κ3) is 2.43. The van der Waals surface area contributed by atoms with E-state index in [1.54, 1.807) is 0 Å². The number of halogens is 4. The molecule has 4 nitrogen and oxygen atoms in total. The normalized spacial score (nSPS) is 11.4. The minimum Gasteiger partial charge on any atom is -0.152 e. The Bertz CT molecular complexity index is 63.7. The number of rotatable bonds is 5. The van der Waals surface area contributed by atoms with Crippen LogP contribution in [0.1, 0.15) is 0 Å². The highest BCUT2D eigenvalue weighted by molar-refractivity contribution is 4.63. The molecule has 0 heterocycles. The zero-order chi connectivity index (χ0) is 7.98. The molecular weight excluding hydrogens is 164 g/mol. The van der Waals surface area contributed by atoms with Crippen molar-refractivity contribution in [2.24, 2.45) is 0 Å². The van der Waals surface area contributed by atoms with Gasteiger partial charge in [0, 0.05) is 0 Å². The maximum atomic E-state index is 10.9. The molecule has 0 N–H and O–H groups in total. The fourth-order valence-corrected chi connectivity index (χ4v) is 0.171. The van der Waals surface area contributed by atoms with Crippen molar-refractivity contribution in [3.63, 3.8) is 0 Å². The lowest BCUT2D eigenvalue weighted by atomic mass is 10.6. The molecule has 1 radical (unpaired) electrons. The van der Waals surface area contributed by atoms with Crippen LogP contribution in [0.4, 0.5) is 18.1 Å². The Morgan fingerprint density at radius 2 is 1.30 bits per heavy atom. The minimum absolute atomic E-state index is 1.77. The van der Waals surface area contributed by atoms with Crippen molar-refractivity contribution in [2.75, 3.05) is 0 Å². The predicted molar refractivity (Wildman–Crippen MR) is 15.8 cm³/mol. The van der Waals surface area contributed by atoms with Gasteiger partial charge in [-0.3, -0.25) is 0 Å². The Morgan fingerprint density at radius 1 is 0.900 bits per heavy atom. The third-order valence-electron chi connectivity index (χ3n) is 0.506.